The third-order valence-corrected chi connectivity index (χ3v) is 5.29. The maximum absolute atomic E-state index is 12.4. The summed E-state index contributed by atoms with van der Waals surface area (Å²) in [5, 5.41) is 11.8. The molecule has 0 unspecified atom stereocenters. The van der Waals surface area contributed by atoms with E-state index in [1.54, 1.807) is 30.5 Å². The fourth-order valence-electron chi connectivity index (χ4n) is 3.29. The van der Waals surface area contributed by atoms with Crippen LogP contribution in [0.2, 0.25) is 10.0 Å². The van der Waals surface area contributed by atoms with Gasteiger partial charge in [0.2, 0.25) is 0 Å². The van der Waals surface area contributed by atoms with E-state index in [9.17, 15) is 4.79 Å². The Labute approximate surface area is 188 Å². The highest BCUT2D eigenvalue weighted by Gasteiger charge is 2.18. The molecule has 160 valence electrons. The Morgan fingerprint density at radius 3 is 2.87 bits per heavy atom. The third-order valence-electron chi connectivity index (χ3n) is 4.79. The van der Waals surface area contributed by atoms with Crippen LogP contribution in [0.15, 0.2) is 36.5 Å². The molecule has 0 aliphatic heterocycles. The van der Waals surface area contributed by atoms with Gasteiger partial charge in [-0.15, -0.1) is 0 Å². The van der Waals surface area contributed by atoms with Gasteiger partial charge in [0.1, 0.15) is 11.4 Å². The number of carbonyl (C=O) groups is 1. The summed E-state index contributed by atoms with van der Waals surface area (Å²) in [5.74, 6) is 0.852. The maximum atomic E-state index is 12.4. The highest BCUT2D eigenvalue weighted by atomic mass is 35.5. The fourth-order valence-corrected chi connectivity index (χ4v) is 3.86. The molecule has 0 saturated heterocycles. The molecule has 0 spiro atoms. The lowest BCUT2D eigenvalue weighted by molar-refractivity contribution is 0.0953. The second kappa shape index (κ2) is 8.97. The molecule has 0 atom stereocenters. The van der Waals surface area contributed by atoms with Crippen molar-refractivity contribution in [1.82, 2.24) is 25.5 Å². The number of hydrogen-bond donors (Lipinski definition) is 4. The quantitative estimate of drug-likeness (QED) is 0.311. The van der Waals surface area contributed by atoms with Crippen molar-refractivity contribution in [1.29, 1.82) is 0 Å². The number of halogens is 2. The van der Waals surface area contributed by atoms with E-state index in [0.29, 0.717) is 57.2 Å². The van der Waals surface area contributed by atoms with Crippen LogP contribution in [0.25, 0.3) is 33.7 Å². The minimum Gasteiger partial charge on any atom is -0.494 e. The van der Waals surface area contributed by atoms with E-state index >= 15 is 0 Å². The smallest absolute Gasteiger partial charge is 0.251 e. The molecule has 0 radical (unpaired) electrons. The highest BCUT2D eigenvalue weighted by Crippen LogP contribution is 2.39. The molecule has 0 aliphatic carbocycles. The molecule has 31 heavy (non-hydrogen) atoms. The van der Waals surface area contributed by atoms with Gasteiger partial charge in [0.25, 0.3) is 5.91 Å². The molecule has 5 N–H and O–H groups in total. The van der Waals surface area contributed by atoms with Gasteiger partial charge in [-0.1, -0.05) is 23.2 Å². The van der Waals surface area contributed by atoms with Crippen molar-refractivity contribution in [2.75, 3.05) is 20.2 Å². The minimum atomic E-state index is -0.166. The minimum absolute atomic E-state index is 0.166. The standard InChI is InChI=1S/C21H20Cl2N6O2/c1-31-19-14(8-12(22)9-15(19)23)17-10-26-20(27-17)18-13-7-11(3-4-16(13)28-29-18)21(30)25-6-2-5-24/h3-4,7-10H,2,5-6,24H2,1H3,(H,25,30)(H,26,27)(H,28,29). The molecule has 0 saturated carbocycles. The van der Waals surface area contributed by atoms with Gasteiger partial charge in [-0.3, -0.25) is 9.89 Å². The molecule has 2 aromatic carbocycles. The zero-order chi connectivity index (χ0) is 22.0. The number of fused-ring (bicyclic) bond motifs is 1. The Balaban J connectivity index is 1.70. The molecular weight excluding hydrogens is 439 g/mol. The fraction of sp³-hybridized carbons (Fsp3) is 0.190. The Morgan fingerprint density at radius 2 is 2.10 bits per heavy atom. The van der Waals surface area contributed by atoms with Crippen LogP contribution in [0.5, 0.6) is 5.75 Å². The summed E-state index contributed by atoms with van der Waals surface area (Å²) in [6.45, 7) is 1.05. The Morgan fingerprint density at radius 1 is 1.26 bits per heavy atom. The Hall–Kier alpha value is -3.07. The van der Waals surface area contributed by atoms with E-state index < -0.39 is 0 Å². The van der Waals surface area contributed by atoms with Crippen molar-refractivity contribution in [2.45, 2.75) is 6.42 Å². The molecule has 0 fully saturated rings. The lowest BCUT2D eigenvalue weighted by Crippen LogP contribution is -2.25. The number of carbonyl (C=O) groups excluding carboxylic acids is 1. The number of methoxy groups -OCH3 is 1. The number of nitrogens with zero attached hydrogens (tertiary/aromatic N) is 2. The average Bonchev–Trinajstić information content (AvgIpc) is 3.39. The molecule has 8 nitrogen and oxygen atoms in total. The monoisotopic (exact) mass is 458 g/mol. The normalized spacial score (nSPS) is 11.1. The van der Waals surface area contributed by atoms with Gasteiger partial charge in [-0.2, -0.15) is 5.10 Å². The van der Waals surface area contributed by atoms with Gasteiger partial charge in [-0.05, 0) is 43.3 Å². The number of amides is 1. The number of imidazole rings is 1. The number of benzene rings is 2. The first-order chi connectivity index (χ1) is 15.0. The van der Waals surface area contributed by atoms with Gasteiger partial charge < -0.3 is 20.8 Å². The molecule has 0 aliphatic rings. The topological polar surface area (TPSA) is 122 Å². The molecule has 2 heterocycles. The van der Waals surface area contributed by atoms with Crippen LogP contribution in [0.4, 0.5) is 0 Å². The van der Waals surface area contributed by atoms with Crippen molar-refractivity contribution in [3.63, 3.8) is 0 Å². The van der Waals surface area contributed by atoms with Crippen molar-refractivity contribution in [3.05, 3.63) is 52.1 Å². The molecule has 4 aromatic rings. The number of hydrogen-bond acceptors (Lipinski definition) is 5. The van der Waals surface area contributed by atoms with E-state index in [0.717, 1.165) is 17.3 Å². The number of aromatic nitrogens is 4. The summed E-state index contributed by atoms with van der Waals surface area (Å²) < 4.78 is 5.43. The predicted octanol–water partition coefficient (Wildman–Crippen LogP) is 4.01. The lowest BCUT2D eigenvalue weighted by atomic mass is 10.1. The summed E-state index contributed by atoms with van der Waals surface area (Å²) >= 11 is 12.4. The number of H-pyrrole nitrogens is 2. The van der Waals surface area contributed by atoms with Gasteiger partial charge >= 0.3 is 0 Å². The number of nitrogens with two attached hydrogens (primary N) is 1. The number of nitrogens with one attached hydrogen (secondary N) is 3. The van der Waals surface area contributed by atoms with E-state index in [1.807, 2.05) is 6.07 Å². The first-order valence-corrected chi connectivity index (χ1v) is 10.3. The maximum Gasteiger partial charge on any atom is 0.251 e. The molecule has 1 amide bonds. The van der Waals surface area contributed by atoms with E-state index in [4.69, 9.17) is 33.7 Å². The number of rotatable bonds is 7. The van der Waals surface area contributed by atoms with E-state index in [1.165, 1.54) is 7.11 Å². The van der Waals surface area contributed by atoms with Gasteiger partial charge in [0.05, 0.1) is 29.5 Å². The third kappa shape index (κ3) is 4.23. The van der Waals surface area contributed by atoms with Crippen LogP contribution in [0, 0.1) is 0 Å². The van der Waals surface area contributed by atoms with Crippen molar-refractivity contribution in [2.24, 2.45) is 5.73 Å². The largest absolute Gasteiger partial charge is 0.494 e. The first kappa shape index (κ1) is 21.2. The Kier molecular flexibility index (Phi) is 6.13. The summed E-state index contributed by atoms with van der Waals surface area (Å²) in [7, 11) is 1.54. The van der Waals surface area contributed by atoms with Crippen LogP contribution < -0.4 is 15.8 Å². The molecule has 2 aromatic heterocycles. The van der Waals surface area contributed by atoms with Gasteiger partial charge in [-0.25, -0.2) is 4.98 Å². The van der Waals surface area contributed by atoms with Crippen LogP contribution in [-0.4, -0.2) is 46.3 Å². The number of aromatic amines is 2. The second-order valence-corrected chi connectivity index (χ2v) is 7.69. The zero-order valence-corrected chi connectivity index (χ0v) is 18.1. The summed E-state index contributed by atoms with van der Waals surface area (Å²) in [4.78, 5) is 20.1. The SMILES string of the molecule is COc1c(Cl)cc(Cl)cc1-c1cnc(-c2n[nH]c3ccc(C(=O)NCCCN)cc23)[nH]1. The van der Waals surface area contributed by atoms with Crippen molar-refractivity contribution >= 4 is 40.0 Å². The Bertz CT molecular complexity index is 1250. The van der Waals surface area contributed by atoms with Crippen LogP contribution in [-0.2, 0) is 0 Å². The molecule has 10 heteroatoms. The lowest BCUT2D eigenvalue weighted by Gasteiger charge is -2.09. The van der Waals surface area contributed by atoms with Gasteiger partial charge in [0, 0.05) is 28.1 Å². The van der Waals surface area contributed by atoms with Gasteiger partial charge in [0.15, 0.2) is 5.82 Å². The summed E-state index contributed by atoms with van der Waals surface area (Å²) in [6.07, 6.45) is 2.38. The second-order valence-electron chi connectivity index (χ2n) is 6.84. The zero-order valence-electron chi connectivity index (χ0n) is 16.6. The molecular formula is C21H20Cl2N6O2. The van der Waals surface area contributed by atoms with Crippen molar-refractivity contribution in [3.8, 4) is 28.5 Å². The molecule has 0 bridgehead atoms. The predicted molar refractivity (Wildman–Crippen MR) is 122 cm³/mol. The highest BCUT2D eigenvalue weighted by molar-refractivity contribution is 6.36. The van der Waals surface area contributed by atoms with Crippen LogP contribution in [0.3, 0.4) is 0 Å². The van der Waals surface area contributed by atoms with E-state index in [-0.39, 0.29) is 5.91 Å². The number of ether oxygens (including phenoxy) is 1. The van der Waals surface area contributed by atoms with Crippen molar-refractivity contribution < 1.29 is 9.53 Å². The summed E-state index contributed by atoms with van der Waals surface area (Å²) in [6, 6.07) is 8.70. The summed E-state index contributed by atoms with van der Waals surface area (Å²) in [5.41, 5.74) is 8.73. The molecule has 4 rings (SSSR count). The first-order valence-electron chi connectivity index (χ1n) is 9.57. The van der Waals surface area contributed by atoms with E-state index in [2.05, 4.69) is 25.5 Å². The average molecular weight is 459 g/mol. The van der Waals surface area contributed by atoms with Crippen LogP contribution in [0.1, 0.15) is 16.8 Å². The van der Waals surface area contributed by atoms with Crippen LogP contribution >= 0.6 is 23.2 Å².